The van der Waals surface area contributed by atoms with Crippen molar-refractivity contribution in [3.63, 3.8) is 0 Å². The second kappa shape index (κ2) is 7.48. The molecular formula is C10H22N4O. The van der Waals surface area contributed by atoms with Gasteiger partial charge >= 0.3 is 6.03 Å². The first-order valence-electron chi connectivity index (χ1n) is 5.78. The van der Waals surface area contributed by atoms with E-state index in [1.807, 2.05) is 0 Å². The first kappa shape index (κ1) is 12.3. The topological polar surface area (TPSA) is 65.2 Å². The standard InChI is InChI=1S/C10H22N4O/c1-2-11-7-8-13-10(15)14-9-3-5-12-6-4-9/h9,11-12H,2-8H2,1H3,(H2,13,14,15). The number of rotatable bonds is 5. The minimum atomic E-state index is -0.0418. The summed E-state index contributed by atoms with van der Waals surface area (Å²) in [6.45, 7) is 6.51. The van der Waals surface area contributed by atoms with Crippen molar-refractivity contribution in [1.82, 2.24) is 21.3 Å². The van der Waals surface area contributed by atoms with Gasteiger partial charge in [-0.25, -0.2) is 4.79 Å². The van der Waals surface area contributed by atoms with Gasteiger partial charge in [-0.2, -0.15) is 0 Å². The number of urea groups is 1. The number of nitrogens with one attached hydrogen (secondary N) is 4. The van der Waals surface area contributed by atoms with Crippen LogP contribution in [0.5, 0.6) is 0 Å². The van der Waals surface area contributed by atoms with E-state index in [4.69, 9.17) is 0 Å². The zero-order valence-corrected chi connectivity index (χ0v) is 9.44. The van der Waals surface area contributed by atoms with Crippen LogP contribution in [0.4, 0.5) is 4.79 Å². The number of amides is 2. The Morgan fingerprint density at radius 1 is 1.33 bits per heavy atom. The molecule has 0 aromatic rings. The first-order valence-corrected chi connectivity index (χ1v) is 5.78. The van der Waals surface area contributed by atoms with Crippen molar-refractivity contribution in [2.75, 3.05) is 32.7 Å². The van der Waals surface area contributed by atoms with Gasteiger partial charge in [0.25, 0.3) is 0 Å². The van der Waals surface area contributed by atoms with Crippen LogP contribution in [-0.4, -0.2) is 44.8 Å². The molecule has 0 aliphatic carbocycles. The minimum Gasteiger partial charge on any atom is -0.337 e. The van der Waals surface area contributed by atoms with Gasteiger partial charge in [0, 0.05) is 19.1 Å². The first-order chi connectivity index (χ1) is 7.33. The van der Waals surface area contributed by atoms with Crippen LogP contribution in [0.3, 0.4) is 0 Å². The second-order valence-corrected chi connectivity index (χ2v) is 3.78. The molecule has 4 N–H and O–H groups in total. The Hall–Kier alpha value is -0.810. The van der Waals surface area contributed by atoms with Gasteiger partial charge in [0.1, 0.15) is 0 Å². The molecule has 0 bridgehead atoms. The van der Waals surface area contributed by atoms with E-state index in [0.29, 0.717) is 12.6 Å². The monoisotopic (exact) mass is 214 g/mol. The Labute approximate surface area is 91.4 Å². The lowest BCUT2D eigenvalue weighted by Crippen LogP contribution is -2.47. The summed E-state index contributed by atoms with van der Waals surface area (Å²) in [5.74, 6) is 0. The average molecular weight is 214 g/mol. The molecule has 0 unspecified atom stereocenters. The van der Waals surface area contributed by atoms with Crippen LogP contribution < -0.4 is 21.3 Å². The number of piperidine rings is 1. The fraction of sp³-hybridized carbons (Fsp3) is 0.900. The van der Waals surface area contributed by atoms with Crippen molar-refractivity contribution >= 4 is 6.03 Å². The van der Waals surface area contributed by atoms with Gasteiger partial charge in [-0.1, -0.05) is 6.92 Å². The summed E-state index contributed by atoms with van der Waals surface area (Å²) in [5.41, 5.74) is 0. The number of likely N-dealkylation sites (N-methyl/N-ethyl adjacent to an activating group) is 1. The molecule has 0 radical (unpaired) electrons. The van der Waals surface area contributed by atoms with Crippen molar-refractivity contribution in [3.8, 4) is 0 Å². The zero-order valence-electron chi connectivity index (χ0n) is 9.44. The molecule has 0 saturated carbocycles. The maximum atomic E-state index is 11.4. The molecule has 88 valence electrons. The summed E-state index contributed by atoms with van der Waals surface area (Å²) in [6.07, 6.45) is 2.06. The van der Waals surface area contributed by atoms with Crippen molar-refractivity contribution < 1.29 is 4.79 Å². The van der Waals surface area contributed by atoms with Gasteiger partial charge in [0.05, 0.1) is 0 Å². The summed E-state index contributed by atoms with van der Waals surface area (Å²) < 4.78 is 0. The van der Waals surface area contributed by atoms with Gasteiger partial charge < -0.3 is 21.3 Å². The molecule has 1 aliphatic rings. The van der Waals surface area contributed by atoms with Crippen LogP contribution in [0, 0.1) is 0 Å². The molecule has 15 heavy (non-hydrogen) atoms. The van der Waals surface area contributed by atoms with Crippen LogP contribution in [0.15, 0.2) is 0 Å². The highest BCUT2D eigenvalue weighted by atomic mass is 16.2. The van der Waals surface area contributed by atoms with E-state index < -0.39 is 0 Å². The second-order valence-electron chi connectivity index (χ2n) is 3.78. The normalized spacial score (nSPS) is 17.4. The van der Waals surface area contributed by atoms with Gasteiger partial charge in [-0.15, -0.1) is 0 Å². The average Bonchev–Trinajstić information content (AvgIpc) is 2.26. The maximum Gasteiger partial charge on any atom is 0.315 e. The molecule has 0 atom stereocenters. The van der Waals surface area contributed by atoms with Gasteiger partial charge in [0.2, 0.25) is 0 Å². The van der Waals surface area contributed by atoms with Crippen molar-refractivity contribution in [1.29, 1.82) is 0 Å². The smallest absolute Gasteiger partial charge is 0.315 e. The zero-order chi connectivity index (χ0) is 10.9. The van der Waals surface area contributed by atoms with E-state index in [-0.39, 0.29) is 6.03 Å². The van der Waals surface area contributed by atoms with Crippen LogP contribution in [0.25, 0.3) is 0 Å². The van der Waals surface area contributed by atoms with Crippen LogP contribution >= 0.6 is 0 Å². The number of hydrogen-bond donors (Lipinski definition) is 4. The van der Waals surface area contributed by atoms with Crippen LogP contribution in [0.2, 0.25) is 0 Å². The summed E-state index contributed by atoms with van der Waals surface area (Å²) in [4.78, 5) is 11.4. The van der Waals surface area contributed by atoms with Gasteiger partial charge in [-0.3, -0.25) is 0 Å². The lowest BCUT2D eigenvalue weighted by Gasteiger charge is -2.23. The van der Waals surface area contributed by atoms with Gasteiger partial charge in [0.15, 0.2) is 0 Å². The van der Waals surface area contributed by atoms with E-state index in [1.165, 1.54) is 0 Å². The summed E-state index contributed by atoms with van der Waals surface area (Å²) in [7, 11) is 0. The Morgan fingerprint density at radius 2 is 2.07 bits per heavy atom. The van der Waals surface area contributed by atoms with Crippen LogP contribution in [-0.2, 0) is 0 Å². The van der Waals surface area contributed by atoms with Crippen LogP contribution in [0.1, 0.15) is 19.8 Å². The summed E-state index contributed by atoms with van der Waals surface area (Å²) in [6, 6.07) is 0.296. The molecule has 0 spiro atoms. The molecule has 2 amide bonds. The van der Waals surface area contributed by atoms with E-state index in [2.05, 4.69) is 28.2 Å². The lowest BCUT2D eigenvalue weighted by molar-refractivity contribution is 0.233. The third kappa shape index (κ3) is 5.59. The summed E-state index contributed by atoms with van der Waals surface area (Å²) in [5, 5.41) is 12.2. The van der Waals surface area contributed by atoms with E-state index in [9.17, 15) is 4.79 Å². The highest BCUT2D eigenvalue weighted by Crippen LogP contribution is 2.00. The third-order valence-corrected chi connectivity index (χ3v) is 2.51. The fourth-order valence-electron chi connectivity index (χ4n) is 1.64. The van der Waals surface area contributed by atoms with Crippen molar-refractivity contribution in [2.45, 2.75) is 25.8 Å². The Balaban J connectivity index is 2.01. The largest absolute Gasteiger partial charge is 0.337 e. The van der Waals surface area contributed by atoms with E-state index in [0.717, 1.165) is 39.0 Å². The lowest BCUT2D eigenvalue weighted by atomic mass is 10.1. The molecule has 5 nitrogen and oxygen atoms in total. The summed E-state index contributed by atoms with van der Waals surface area (Å²) >= 11 is 0. The molecular weight excluding hydrogens is 192 g/mol. The SMILES string of the molecule is CCNCCNC(=O)NC1CCNCC1. The minimum absolute atomic E-state index is 0.0418. The fourth-order valence-corrected chi connectivity index (χ4v) is 1.64. The number of carbonyl (C=O) groups is 1. The number of carbonyl (C=O) groups excluding carboxylic acids is 1. The predicted molar refractivity (Wildman–Crippen MR) is 61.0 cm³/mol. The van der Waals surface area contributed by atoms with E-state index >= 15 is 0 Å². The molecule has 0 aromatic carbocycles. The van der Waals surface area contributed by atoms with E-state index in [1.54, 1.807) is 0 Å². The Bertz CT molecular complexity index is 180. The van der Waals surface area contributed by atoms with Crippen molar-refractivity contribution in [2.24, 2.45) is 0 Å². The highest BCUT2D eigenvalue weighted by Gasteiger charge is 2.14. The third-order valence-electron chi connectivity index (χ3n) is 2.51. The predicted octanol–water partition coefficient (Wildman–Crippen LogP) is -0.353. The van der Waals surface area contributed by atoms with Crippen molar-refractivity contribution in [3.05, 3.63) is 0 Å². The quantitative estimate of drug-likeness (QED) is 0.473. The molecule has 1 heterocycles. The maximum absolute atomic E-state index is 11.4. The molecule has 1 aliphatic heterocycles. The molecule has 1 fully saturated rings. The number of hydrogen-bond acceptors (Lipinski definition) is 3. The molecule has 1 saturated heterocycles. The Morgan fingerprint density at radius 3 is 2.73 bits per heavy atom. The molecule has 1 rings (SSSR count). The molecule has 0 aromatic heterocycles. The highest BCUT2D eigenvalue weighted by molar-refractivity contribution is 5.74. The Kier molecular flexibility index (Phi) is 6.11. The van der Waals surface area contributed by atoms with Gasteiger partial charge in [-0.05, 0) is 32.5 Å². The molecule has 5 heteroatoms.